The molecule has 2 aromatic heterocycles. The lowest BCUT2D eigenvalue weighted by Crippen LogP contribution is -1.98. The number of nitrogens with zero attached hydrogens (tertiary/aromatic N) is 3. The highest BCUT2D eigenvalue weighted by Gasteiger charge is 2.09. The van der Waals surface area contributed by atoms with Gasteiger partial charge in [0.25, 0.3) is 0 Å². The van der Waals surface area contributed by atoms with Crippen LogP contribution in [0.25, 0.3) is 5.65 Å². The summed E-state index contributed by atoms with van der Waals surface area (Å²) in [5, 5.41) is 8.79. The van der Waals surface area contributed by atoms with Crippen LogP contribution in [0.5, 0.6) is 5.75 Å². The molecule has 0 aliphatic rings. The Hall–Kier alpha value is -2.80. The van der Waals surface area contributed by atoms with Gasteiger partial charge < -0.3 is 9.14 Å². The van der Waals surface area contributed by atoms with Gasteiger partial charge in [0.05, 0.1) is 17.3 Å². The first-order valence-corrected chi connectivity index (χ1v) is 6.75. The van der Waals surface area contributed by atoms with Crippen LogP contribution in [-0.2, 0) is 6.61 Å². The Morgan fingerprint density at radius 1 is 1.19 bits per heavy atom. The van der Waals surface area contributed by atoms with Crippen molar-refractivity contribution in [3.63, 3.8) is 0 Å². The van der Waals surface area contributed by atoms with Crippen LogP contribution in [0.2, 0.25) is 0 Å². The third kappa shape index (κ3) is 2.46. The maximum absolute atomic E-state index is 8.79. The zero-order valence-electron chi connectivity index (χ0n) is 12.0. The number of imidazole rings is 1. The average molecular weight is 277 g/mol. The summed E-state index contributed by atoms with van der Waals surface area (Å²) in [4.78, 5) is 4.55. The van der Waals surface area contributed by atoms with Crippen LogP contribution >= 0.6 is 0 Å². The SMILES string of the molecule is Cc1nc2c(OCc3ccc(C#N)cc3)cccn2c1C. The largest absolute Gasteiger partial charge is 0.485 e. The van der Waals surface area contributed by atoms with E-state index in [1.165, 1.54) is 0 Å². The van der Waals surface area contributed by atoms with Gasteiger partial charge in [-0.05, 0) is 43.7 Å². The molecule has 2 heterocycles. The Balaban J connectivity index is 1.85. The van der Waals surface area contributed by atoms with E-state index in [1.54, 1.807) is 12.1 Å². The van der Waals surface area contributed by atoms with E-state index in [0.29, 0.717) is 12.2 Å². The Kier molecular flexibility index (Phi) is 3.33. The Bertz CT molecular complexity index is 826. The quantitative estimate of drug-likeness (QED) is 0.737. The molecule has 4 heteroatoms. The molecule has 0 atom stereocenters. The highest BCUT2D eigenvalue weighted by atomic mass is 16.5. The van der Waals surface area contributed by atoms with Gasteiger partial charge in [-0.25, -0.2) is 4.98 Å². The van der Waals surface area contributed by atoms with Crippen molar-refractivity contribution >= 4 is 5.65 Å². The van der Waals surface area contributed by atoms with Gasteiger partial charge in [0.15, 0.2) is 11.4 Å². The molecule has 104 valence electrons. The number of hydrogen-bond acceptors (Lipinski definition) is 3. The molecule has 0 fully saturated rings. The smallest absolute Gasteiger partial charge is 0.180 e. The van der Waals surface area contributed by atoms with E-state index in [9.17, 15) is 0 Å². The fraction of sp³-hybridized carbons (Fsp3) is 0.176. The molecule has 0 unspecified atom stereocenters. The molecule has 0 aliphatic heterocycles. The van der Waals surface area contributed by atoms with E-state index in [0.717, 1.165) is 28.3 Å². The maximum atomic E-state index is 8.79. The zero-order chi connectivity index (χ0) is 14.8. The highest BCUT2D eigenvalue weighted by Crippen LogP contribution is 2.22. The van der Waals surface area contributed by atoms with Crippen molar-refractivity contribution in [3.05, 3.63) is 65.1 Å². The van der Waals surface area contributed by atoms with Crippen molar-refractivity contribution in [1.29, 1.82) is 5.26 Å². The highest BCUT2D eigenvalue weighted by molar-refractivity contribution is 5.55. The number of benzene rings is 1. The number of fused-ring (bicyclic) bond motifs is 1. The lowest BCUT2D eigenvalue weighted by molar-refractivity contribution is 0.308. The number of aromatic nitrogens is 2. The third-order valence-corrected chi connectivity index (χ3v) is 3.57. The summed E-state index contributed by atoms with van der Waals surface area (Å²) >= 11 is 0. The van der Waals surface area contributed by atoms with Gasteiger partial charge in [-0.2, -0.15) is 5.26 Å². The summed E-state index contributed by atoms with van der Waals surface area (Å²) in [5.74, 6) is 0.762. The molecule has 0 saturated carbocycles. The molecule has 3 rings (SSSR count). The number of hydrogen-bond donors (Lipinski definition) is 0. The van der Waals surface area contributed by atoms with Crippen LogP contribution in [0, 0.1) is 25.2 Å². The molecule has 0 amide bonds. The zero-order valence-corrected chi connectivity index (χ0v) is 12.0. The van der Waals surface area contributed by atoms with Crippen molar-refractivity contribution in [1.82, 2.24) is 9.38 Å². The van der Waals surface area contributed by atoms with Crippen molar-refractivity contribution in [2.24, 2.45) is 0 Å². The Morgan fingerprint density at radius 2 is 1.95 bits per heavy atom. The summed E-state index contributed by atoms with van der Waals surface area (Å²) in [5.41, 5.74) is 4.63. The summed E-state index contributed by atoms with van der Waals surface area (Å²) in [7, 11) is 0. The van der Waals surface area contributed by atoms with Crippen molar-refractivity contribution in [3.8, 4) is 11.8 Å². The molecule has 21 heavy (non-hydrogen) atoms. The van der Waals surface area contributed by atoms with Crippen molar-refractivity contribution in [2.45, 2.75) is 20.5 Å². The summed E-state index contributed by atoms with van der Waals surface area (Å²) < 4.78 is 7.91. The van der Waals surface area contributed by atoms with Crippen molar-refractivity contribution in [2.75, 3.05) is 0 Å². The number of aryl methyl sites for hydroxylation is 2. The first kappa shape index (κ1) is 13.2. The van der Waals surface area contributed by atoms with Crippen LogP contribution in [0.15, 0.2) is 42.6 Å². The fourth-order valence-electron chi connectivity index (χ4n) is 2.22. The van der Waals surface area contributed by atoms with Crippen LogP contribution in [0.3, 0.4) is 0 Å². The van der Waals surface area contributed by atoms with E-state index >= 15 is 0 Å². The van der Waals surface area contributed by atoms with Gasteiger partial charge in [-0.1, -0.05) is 12.1 Å². The normalized spacial score (nSPS) is 10.5. The minimum Gasteiger partial charge on any atom is -0.485 e. The monoisotopic (exact) mass is 277 g/mol. The molecule has 4 nitrogen and oxygen atoms in total. The predicted molar refractivity (Wildman–Crippen MR) is 80.2 cm³/mol. The van der Waals surface area contributed by atoms with Gasteiger partial charge in [0.2, 0.25) is 0 Å². The minimum atomic E-state index is 0.455. The van der Waals surface area contributed by atoms with Gasteiger partial charge in [0.1, 0.15) is 6.61 Å². The molecule has 0 bridgehead atoms. The molecule has 0 spiro atoms. The lowest BCUT2D eigenvalue weighted by Gasteiger charge is -2.07. The van der Waals surface area contributed by atoms with Crippen LogP contribution < -0.4 is 4.74 Å². The summed E-state index contributed by atoms with van der Waals surface area (Å²) in [6.07, 6.45) is 1.99. The number of nitriles is 1. The molecule has 0 radical (unpaired) electrons. The predicted octanol–water partition coefficient (Wildman–Crippen LogP) is 3.40. The standard InChI is InChI=1S/C17H15N3O/c1-12-13(2)20-9-3-4-16(17(20)19-12)21-11-15-7-5-14(10-18)6-8-15/h3-9H,11H2,1-2H3. The van der Waals surface area contributed by atoms with E-state index in [1.807, 2.05) is 48.7 Å². The molecular formula is C17H15N3O. The topological polar surface area (TPSA) is 50.3 Å². The van der Waals surface area contributed by atoms with E-state index in [-0.39, 0.29) is 0 Å². The Morgan fingerprint density at radius 3 is 2.67 bits per heavy atom. The van der Waals surface area contributed by atoms with E-state index < -0.39 is 0 Å². The fourth-order valence-corrected chi connectivity index (χ4v) is 2.22. The second kappa shape index (κ2) is 5.29. The number of pyridine rings is 1. The second-order valence-corrected chi connectivity index (χ2v) is 4.95. The van der Waals surface area contributed by atoms with Crippen LogP contribution in [-0.4, -0.2) is 9.38 Å². The van der Waals surface area contributed by atoms with Crippen LogP contribution in [0.1, 0.15) is 22.5 Å². The first-order chi connectivity index (χ1) is 10.2. The van der Waals surface area contributed by atoms with Gasteiger partial charge in [-0.15, -0.1) is 0 Å². The minimum absolute atomic E-state index is 0.455. The molecule has 0 saturated heterocycles. The van der Waals surface area contributed by atoms with Gasteiger partial charge >= 0.3 is 0 Å². The van der Waals surface area contributed by atoms with Crippen LogP contribution in [0.4, 0.5) is 0 Å². The molecule has 0 N–H and O–H groups in total. The molecular weight excluding hydrogens is 262 g/mol. The number of ether oxygens (including phenoxy) is 1. The third-order valence-electron chi connectivity index (χ3n) is 3.57. The van der Waals surface area contributed by atoms with Gasteiger partial charge in [0, 0.05) is 11.9 Å². The summed E-state index contributed by atoms with van der Waals surface area (Å²) in [6.45, 7) is 4.49. The Labute approximate surface area is 123 Å². The number of rotatable bonds is 3. The van der Waals surface area contributed by atoms with Crippen molar-refractivity contribution < 1.29 is 4.74 Å². The average Bonchev–Trinajstić information content (AvgIpc) is 2.81. The van der Waals surface area contributed by atoms with E-state index in [4.69, 9.17) is 10.00 Å². The summed E-state index contributed by atoms with van der Waals surface area (Å²) in [6, 6.07) is 13.4. The maximum Gasteiger partial charge on any atom is 0.180 e. The molecule has 1 aromatic carbocycles. The van der Waals surface area contributed by atoms with E-state index in [2.05, 4.69) is 11.1 Å². The lowest BCUT2D eigenvalue weighted by atomic mass is 10.2. The second-order valence-electron chi connectivity index (χ2n) is 4.95. The molecule has 3 aromatic rings. The first-order valence-electron chi connectivity index (χ1n) is 6.75. The molecule has 0 aliphatic carbocycles. The van der Waals surface area contributed by atoms with Gasteiger partial charge in [-0.3, -0.25) is 0 Å².